The van der Waals surface area contributed by atoms with Gasteiger partial charge in [0.05, 0.1) is 18.7 Å². The van der Waals surface area contributed by atoms with Crippen LogP contribution in [-0.2, 0) is 6.54 Å². The molecule has 0 aliphatic rings. The van der Waals surface area contributed by atoms with Crippen molar-refractivity contribution in [3.05, 3.63) is 86.1 Å². The number of hydrogen-bond donors (Lipinski definition) is 0. The third kappa shape index (κ3) is 5.39. The third-order valence-electron chi connectivity index (χ3n) is 4.55. The van der Waals surface area contributed by atoms with Gasteiger partial charge in [0.15, 0.2) is 5.78 Å². The lowest BCUT2D eigenvalue weighted by atomic mass is 10.1. The van der Waals surface area contributed by atoms with E-state index in [9.17, 15) is 22.4 Å². The van der Waals surface area contributed by atoms with Crippen molar-refractivity contribution < 1.29 is 27.1 Å². The number of carbonyl (C=O) groups excluding carboxylic acids is 1. The van der Waals surface area contributed by atoms with E-state index in [0.29, 0.717) is 22.4 Å². The van der Waals surface area contributed by atoms with Gasteiger partial charge in [-0.05, 0) is 48.0 Å². The summed E-state index contributed by atoms with van der Waals surface area (Å²) in [6.45, 7) is -0.280. The van der Waals surface area contributed by atoms with E-state index in [1.807, 2.05) is 0 Å². The fraction of sp³-hybridized carbons (Fsp3) is 0.182. The molecule has 1 aromatic heterocycles. The van der Waals surface area contributed by atoms with E-state index in [-0.39, 0.29) is 12.3 Å². The van der Waals surface area contributed by atoms with Gasteiger partial charge in [-0.3, -0.25) is 9.48 Å². The fourth-order valence-corrected chi connectivity index (χ4v) is 3.57. The van der Waals surface area contributed by atoms with Crippen molar-refractivity contribution in [3.8, 4) is 5.75 Å². The Labute approximate surface area is 194 Å². The van der Waals surface area contributed by atoms with E-state index < -0.39 is 29.3 Å². The van der Waals surface area contributed by atoms with Crippen LogP contribution in [0.3, 0.4) is 0 Å². The fourth-order valence-electron chi connectivity index (χ4n) is 3.01. The van der Waals surface area contributed by atoms with E-state index in [2.05, 4.69) is 21.0 Å². The smallest absolute Gasteiger partial charge is 0.283 e. The first-order chi connectivity index (χ1) is 15.2. The van der Waals surface area contributed by atoms with Gasteiger partial charge in [0.25, 0.3) is 12.9 Å². The second-order valence-corrected chi connectivity index (χ2v) is 7.91. The number of hydrogen-bond acceptors (Lipinski definition) is 3. The number of rotatable bonds is 8. The van der Waals surface area contributed by atoms with Crippen molar-refractivity contribution in [2.45, 2.75) is 19.4 Å². The average molecular weight is 532 g/mol. The van der Waals surface area contributed by atoms with Crippen molar-refractivity contribution in [2.75, 3.05) is 7.11 Å². The zero-order valence-electron chi connectivity index (χ0n) is 16.5. The first kappa shape index (κ1) is 24.0. The lowest BCUT2D eigenvalue weighted by molar-refractivity contribution is 0.104. The van der Waals surface area contributed by atoms with Crippen LogP contribution in [0.5, 0.6) is 5.75 Å². The summed E-state index contributed by atoms with van der Waals surface area (Å²) in [7, 11) is 1.39. The molecule has 0 radical (unpaired) electrons. The molecule has 0 saturated heterocycles. The number of halogens is 6. The van der Waals surface area contributed by atoms with Gasteiger partial charge in [0.1, 0.15) is 17.1 Å². The molecule has 4 nitrogen and oxygen atoms in total. The molecule has 0 bridgehead atoms. The summed E-state index contributed by atoms with van der Waals surface area (Å²) >= 11 is 9.02. The molecule has 0 amide bonds. The third-order valence-corrected chi connectivity index (χ3v) is 5.47. The van der Waals surface area contributed by atoms with E-state index in [1.165, 1.54) is 13.2 Å². The molecule has 0 atom stereocenters. The Bertz CT molecular complexity index is 1150. The van der Waals surface area contributed by atoms with Gasteiger partial charge < -0.3 is 4.74 Å². The van der Waals surface area contributed by atoms with Crippen LogP contribution >= 0.6 is 27.5 Å². The lowest BCUT2D eigenvalue weighted by Gasteiger charge is -2.12. The summed E-state index contributed by atoms with van der Waals surface area (Å²) in [5.41, 5.74) is -0.234. The maximum atomic E-state index is 13.5. The van der Waals surface area contributed by atoms with Crippen LogP contribution in [0, 0.1) is 0 Å². The molecule has 10 heteroatoms. The van der Waals surface area contributed by atoms with Crippen LogP contribution in [0.4, 0.5) is 17.6 Å². The number of alkyl halides is 4. The number of methoxy groups -OCH3 is 1. The quantitative estimate of drug-likeness (QED) is 0.176. The number of nitrogens with zero attached hydrogens (tertiary/aromatic N) is 2. The molecule has 3 aromatic rings. The minimum Gasteiger partial charge on any atom is -0.496 e. The second-order valence-electron chi connectivity index (χ2n) is 6.62. The van der Waals surface area contributed by atoms with Gasteiger partial charge in [-0.15, -0.1) is 0 Å². The lowest BCUT2D eigenvalue weighted by Crippen LogP contribution is -2.08. The maximum absolute atomic E-state index is 13.5. The molecule has 0 aliphatic heterocycles. The Balaban J connectivity index is 1.91. The Morgan fingerprint density at radius 1 is 1.16 bits per heavy atom. The van der Waals surface area contributed by atoms with Gasteiger partial charge in [-0.25, -0.2) is 17.6 Å². The summed E-state index contributed by atoms with van der Waals surface area (Å²) in [5, 5.41) is 2.82. The number of aromatic nitrogens is 2. The minimum absolute atomic E-state index is 0.227. The molecule has 168 valence electrons. The molecule has 0 N–H and O–H groups in total. The van der Waals surface area contributed by atoms with Crippen molar-refractivity contribution >= 4 is 39.4 Å². The maximum Gasteiger partial charge on any atom is 0.283 e. The highest BCUT2D eigenvalue weighted by molar-refractivity contribution is 9.10. The average Bonchev–Trinajstić information content (AvgIpc) is 3.09. The molecular weight excluding hydrogens is 516 g/mol. The van der Waals surface area contributed by atoms with Crippen LogP contribution in [0.2, 0.25) is 5.02 Å². The molecular formula is C22H16BrClF4N2O2. The molecule has 0 spiro atoms. The summed E-state index contributed by atoms with van der Waals surface area (Å²) in [5.74, 6) is 0.113. The number of ketones is 1. The van der Waals surface area contributed by atoms with Crippen LogP contribution in [-0.4, -0.2) is 22.7 Å². The van der Waals surface area contributed by atoms with Gasteiger partial charge >= 0.3 is 0 Å². The van der Waals surface area contributed by atoms with Crippen LogP contribution in [0.25, 0.3) is 6.08 Å². The monoisotopic (exact) mass is 530 g/mol. The standard InChI is InChI=1S/C22H16BrClF4N2O2/c1-32-17-9-3-12(2-8-16(31)13-4-6-15(23)7-5-13)10-14(17)11-30-20(22(27)28)18(24)19(29-30)21(25)26/h2-10,21-22H,11H2,1H3/b8-2+. The first-order valence-corrected chi connectivity index (χ1v) is 10.4. The van der Waals surface area contributed by atoms with Crippen molar-refractivity contribution in [2.24, 2.45) is 0 Å². The number of ether oxygens (including phenoxy) is 1. The molecule has 1 heterocycles. The van der Waals surface area contributed by atoms with Crippen LogP contribution in [0.1, 0.15) is 45.7 Å². The molecule has 32 heavy (non-hydrogen) atoms. The Morgan fingerprint density at radius 2 is 1.84 bits per heavy atom. The van der Waals surface area contributed by atoms with Gasteiger partial charge in [0.2, 0.25) is 0 Å². The van der Waals surface area contributed by atoms with Gasteiger partial charge in [-0.2, -0.15) is 5.10 Å². The molecule has 0 unspecified atom stereocenters. The summed E-state index contributed by atoms with van der Waals surface area (Å²) in [6, 6.07) is 11.7. The van der Waals surface area contributed by atoms with E-state index in [0.717, 1.165) is 9.15 Å². The van der Waals surface area contributed by atoms with Crippen molar-refractivity contribution in [1.29, 1.82) is 0 Å². The highest BCUT2D eigenvalue weighted by Gasteiger charge is 2.28. The predicted molar refractivity (Wildman–Crippen MR) is 117 cm³/mol. The van der Waals surface area contributed by atoms with Crippen LogP contribution in [0.15, 0.2) is 53.0 Å². The highest BCUT2D eigenvalue weighted by Crippen LogP contribution is 2.35. The zero-order valence-corrected chi connectivity index (χ0v) is 18.9. The molecule has 0 saturated carbocycles. The normalized spacial score (nSPS) is 11.7. The van der Waals surface area contributed by atoms with Gasteiger partial charge in [-0.1, -0.05) is 39.7 Å². The highest BCUT2D eigenvalue weighted by atomic mass is 79.9. The Morgan fingerprint density at radius 3 is 2.44 bits per heavy atom. The zero-order chi connectivity index (χ0) is 23.4. The van der Waals surface area contributed by atoms with E-state index in [4.69, 9.17) is 16.3 Å². The second kappa shape index (κ2) is 10.3. The van der Waals surface area contributed by atoms with Crippen molar-refractivity contribution in [1.82, 2.24) is 9.78 Å². The van der Waals surface area contributed by atoms with Gasteiger partial charge in [0, 0.05) is 15.6 Å². The topological polar surface area (TPSA) is 44.1 Å². The molecule has 3 rings (SSSR count). The predicted octanol–water partition coefficient (Wildman–Crippen LogP) is 7.13. The van der Waals surface area contributed by atoms with E-state index >= 15 is 0 Å². The Hall–Kier alpha value is -2.65. The SMILES string of the molecule is COc1ccc(/C=C/C(=O)c2ccc(Br)cc2)cc1Cn1nc(C(F)F)c(Cl)c1C(F)F. The summed E-state index contributed by atoms with van der Waals surface area (Å²) < 4.78 is 59.9. The number of benzene rings is 2. The number of carbonyl (C=O) groups is 1. The van der Waals surface area contributed by atoms with Crippen LogP contribution < -0.4 is 4.74 Å². The number of allylic oxidation sites excluding steroid dienone is 1. The minimum atomic E-state index is -3.10. The molecule has 0 aliphatic carbocycles. The summed E-state index contributed by atoms with van der Waals surface area (Å²) in [6.07, 6.45) is -3.26. The Kier molecular flexibility index (Phi) is 7.73. The molecule has 0 fully saturated rings. The molecule has 2 aromatic carbocycles. The summed E-state index contributed by atoms with van der Waals surface area (Å²) in [4.78, 5) is 12.3. The first-order valence-electron chi connectivity index (χ1n) is 9.18. The van der Waals surface area contributed by atoms with Crippen molar-refractivity contribution in [3.63, 3.8) is 0 Å². The van der Waals surface area contributed by atoms with E-state index in [1.54, 1.807) is 48.5 Å². The largest absolute Gasteiger partial charge is 0.496 e.